The lowest BCUT2D eigenvalue weighted by molar-refractivity contribution is -0.126. The van der Waals surface area contributed by atoms with Crippen molar-refractivity contribution in [1.82, 2.24) is 10.6 Å². The van der Waals surface area contributed by atoms with Gasteiger partial charge >= 0.3 is 0 Å². The lowest BCUT2D eigenvalue weighted by atomic mass is 9.92. The number of rotatable bonds is 4. The second kappa shape index (κ2) is 5.98. The fourth-order valence-corrected chi connectivity index (χ4v) is 1.83. The minimum absolute atomic E-state index is 0.198. The van der Waals surface area contributed by atoms with E-state index in [2.05, 4.69) is 17.6 Å². The number of nitrogens with one attached hydrogen (secondary N) is 2. The van der Waals surface area contributed by atoms with Crippen LogP contribution < -0.4 is 16.4 Å². The zero-order valence-corrected chi connectivity index (χ0v) is 8.88. The molecule has 14 heavy (non-hydrogen) atoms. The quantitative estimate of drug-likeness (QED) is 0.551. The summed E-state index contributed by atoms with van der Waals surface area (Å²) in [5, 5.41) is 6.26. The third-order valence-electron chi connectivity index (χ3n) is 2.67. The Morgan fingerprint density at radius 3 is 3.07 bits per heavy atom. The Bertz CT molecular complexity index is 184. The Morgan fingerprint density at radius 1 is 1.64 bits per heavy atom. The molecule has 4 nitrogen and oxygen atoms in total. The maximum absolute atomic E-state index is 11.6. The monoisotopic (exact) mass is 199 g/mol. The molecule has 0 saturated carbocycles. The van der Waals surface area contributed by atoms with E-state index >= 15 is 0 Å². The van der Waals surface area contributed by atoms with E-state index in [-0.39, 0.29) is 11.8 Å². The predicted molar refractivity (Wildman–Crippen MR) is 56.9 cm³/mol. The van der Waals surface area contributed by atoms with E-state index in [9.17, 15) is 4.79 Å². The molecule has 4 heteroatoms. The van der Waals surface area contributed by atoms with Gasteiger partial charge in [0.25, 0.3) is 0 Å². The van der Waals surface area contributed by atoms with Crippen LogP contribution in [0.3, 0.4) is 0 Å². The van der Waals surface area contributed by atoms with Crippen LogP contribution in [-0.2, 0) is 4.79 Å². The highest BCUT2D eigenvalue weighted by molar-refractivity contribution is 5.78. The average Bonchev–Trinajstić information content (AvgIpc) is 2.18. The summed E-state index contributed by atoms with van der Waals surface area (Å²) in [6.45, 7) is 4.44. The number of piperidine rings is 1. The van der Waals surface area contributed by atoms with Crippen LogP contribution >= 0.6 is 0 Å². The Balaban J connectivity index is 2.22. The predicted octanol–water partition coefficient (Wildman–Crippen LogP) is -0.160. The van der Waals surface area contributed by atoms with Crippen LogP contribution in [0.4, 0.5) is 0 Å². The molecule has 82 valence electrons. The van der Waals surface area contributed by atoms with Crippen molar-refractivity contribution >= 4 is 5.91 Å². The van der Waals surface area contributed by atoms with Crippen LogP contribution in [0.5, 0.6) is 0 Å². The van der Waals surface area contributed by atoms with Crippen molar-refractivity contribution in [3.63, 3.8) is 0 Å². The van der Waals surface area contributed by atoms with Gasteiger partial charge in [-0.15, -0.1) is 0 Å². The molecule has 0 bridgehead atoms. The first-order valence-electron chi connectivity index (χ1n) is 5.45. The second-order valence-corrected chi connectivity index (χ2v) is 4.01. The number of amides is 1. The van der Waals surface area contributed by atoms with E-state index in [1.54, 1.807) is 0 Å². The molecule has 0 aromatic carbocycles. The molecule has 0 aromatic heterocycles. The Hall–Kier alpha value is -0.610. The molecule has 1 fully saturated rings. The summed E-state index contributed by atoms with van der Waals surface area (Å²) in [4.78, 5) is 11.6. The van der Waals surface area contributed by atoms with Gasteiger partial charge in [-0.05, 0) is 39.3 Å². The van der Waals surface area contributed by atoms with Crippen LogP contribution in [0.15, 0.2) is 0 Å². The molecule has 2 atom stereocenters. The van der Waals surface area contributed by atoms with Crippen molar-refractivity contribution in [2.75, 3.05) is 19.6 Å². The maximum Gasteiger partial charge on any atom is 0.223 e. The van der Waals surface area contributed by atoms with Gasteiger partial charge in [-0.3, -0.25) is 4.79 Å². The van der Waals surface area contributed by atoms with Crippen LogP contribution in [-0.4, -0.2) is 31.6 Å². The smallest absolute Gasteiger partial charge is 0.223 e. The number of nitrogens with two attached hydrogens (primary N) is 1. The minimum Gasteiger partial charge on any atom is -0.356 e. The fourth-order valence-electron chi connectivity index (χ4n) is 1.83. The highest BCUT2D eigenvalue weighted by atomic mass is 16.1. The molecule has 0 aromatic rings. The summed E-state index contributed by atoms with van der Waals surface area (Å²) in [6.07, 6.45) is 2.78. The van der Waals surface area contributed by atoms with E-state index in [0.717, 1.165) is 25.8 Å². The summed E-state index contributed by atoms with van der Waals surface area (Å²) in [5.74, 6) is 0.399. The van der Waals surface area contributed by atoms with Gasteiger partial charge in [-0.1, -0.05) is 0 Å². The standard InChI is InChI=1S/C10H21N3O/c1-8-7-9(3-6-12-8)10(14)13-5-2-4-11/h8-9,12H,2-7,11H2,1H3,(H,13,14). The van der Waals surface area contributed by atoms with Crippen molar-refractivity contribution in [1.29, 1.82) is 0 Å². The van der Waals surface area contributed by atoms with Crippen LogP contribution in [0.1, 0.15) is 26.2 Å². The first kappa shape index (κ1) is 11.5. The van der Waals surface area contributed by atoms with Crippen LogP contribution in [0.25, 0.3) is 0 Å². The summed E-state index contributed by atoms with van der Waals surface area (Å²) in [5.41, 5.74) is 5.35. The molecule has 1 heterocycles. The van der Waals surface area contributed by atoms with Gasteiger partial charge in [0.2, 0.25) is 5.91 Å². The normalized spacial score (nSPS) is 27.3. The molecule has 0 spiro atoms. The molecule has 1 rings (SSSR count). The molecule has 1 aliphatic rings. The summed E-state index contributed by atoms with van der Waals surface area (Å²) >= 11 is 0. The minimum atomic E-state index is 0.198. The SMILES string of the molecule is CC1CC(C(=O)NCCCN)CCN1. The third kappa shape index (κ3) is 3.64. The molecule has 1 saturated heterocycles. The summed E-state index contributed by atoms with van der Waals surface area (Å²) in [7, 11) is 0. The van der Waals surface area contributed by atoms with Gasteiger partial charge in [0, 0.05) is 18.5 Å². The van der Waals surface area contributed by atoms with Gasteiger partial charge < -0.3 is 16.4 Å². The Labute approximate surface area is 85.6 Å². The average molecular weight is 199 g/mol. The first-order valence-corrected chi connectivity index (χ1v) is 5.45. The fraction of sp³-hybridized carbons (Fsp3) is 0.900. The van der Waals surface area contributed by atoms with E-state index in [1.165, 1.54) is 0 Å². The molecule has 0 radical (unpaired) electrons. The number of carbonyl (C=O) groups excluding carboxylic acids is 1. The molecule has 2 unspecified atom stereocenters. The van der Waals surface area contributed by atoms with Crippen LogP contribution in [0, 0.1) is 5.92 Å². The number of carbonyl (C=O) groups is 1. The van der Waals surface area contributed by atoms with Crippen molar-refractivity contribution in [2.45, 2.75) is 32.2 Å². The Kier molecular flexibility index (Phi) is 4.90. The molecular formula is C10H21N3O. The third-order valence-corrected chi connectivity index (χ3v) is 2.67. The van der Waals surface area contributed by atoms with E-state index in [4.69, 9.17) is 5.73 Å². The zero-order chi connectivity index (χ0) is 10.4. The summed E-state index contributed by atoms with van der Waals surface area (Å²) in [6, 6.07) is 0.467. The van der Waals surface area contributed by atoms with Gasteiger partial charge in [0.15, 0.2) is 0 Å². The lowest BCUT2D eigenvalue weighted by Crippen LogP contribution is -2.42. The van der Waals surface area contributed by atoms with E-state index in [0.29, 0.717) is 19.1 Å². The number of hydrogen-bond acceptors (Lipinski definition) is 3. The maximum atomic E-state index is 11.6. The molecule has 0 aliphatic carbocycles. The molecule has 4 N–H and O–H groups in total. The van der Waals surface area contributed by atoms with Gasteiger partial charge in [-0.25, -0.2) is 0 Å². The van der Waals surface area contributed by atoms with Crippen molar-refractivity contribution in [2.24, 2.45) is 11.7 Å². The Morgan fingerprint density at radius 2 is 2.43 bits per heavy atom. The highest BCUT2D eigenvalue weighted by Crippen LogP contribution is 2.15. The molecule has 1 aliphatic heterocycles. The van der Waals surface area contributed by atoms with Crippen molar-refractivity contribution < 1.29 is 4.79 Å². The topological polar surface area (TPSA) is 67.2 Å². The van der Waals surface area contributed by atoms with Gasteiger partial charge in [0.1, 0.15) is 0 Å². The molecular weight excluding hydrogens is 178 g/mol. The van der Waals surface area contributed by atoms with Gasteiger partial charge in [0.05, 0.1) is 0 Å². The van der Waals surface area contributed by atoms with Crippen LogP contribution in [0.2, 0.25) is 0 Å². The van der Waals surface area contributed by atoms with Crippen molar-refractivity contribution in [3.8, 4) is 0 Å². The van der Waals surface area contributed by atoms with E-state index in [1.807, 2.05) is 0 Å². The summed E-state index contributed by atoms with van der Waals surface area (Å²) < 4.78 is 0. The largest absolute Gasteiger partial charge is 0.356 e. The van der Waals surface area contributed by atoms with E-state index < -0.39 is 0 Å². The lowest BCUT2D eigenvalue weighted by Gasteiger charge is -2.27. The second-order valence-electron chi connectivity index (χ2n) is 4.01. The van der Waals surface area contributed by atoms with Crippen molar-refractivity contribution in [3.05, 3.63) is 0 Å². The highest BCUT2D eigenvalue weighted by Gasteiger charge is 2.23. The first-order chi connectivity index (χ1) is 6.74. The zero-order valence-electron chi connectivity index (χ0n) is 8.88. The van der Waals surface area contributed by atoms with Gasteiger partial charge in [-0.2, -0.15) is 0 Å². The molecule has 1 amide bonds. The number of hydrogen-bond donors (Lipinski definition) is 3.